The molecule has 0 aliphatic rings. The second kappa shape index (κ2) is 6.21. The summed E-state index contributed by atoms with van der Waals surface area (Å²) >= 11 is 0. The predicted molar refractivity (Wildman–Crippen MR) is 76.7 cm³/mol. The van der Waals surface area contributed by atoms with Crippen molar-refractivity contribution in [2.45, 2.75) is 24.9 Å². The van der Waals surface area contributed by atoms with Crippen LogP contribution in [0.15, 0.2) is 45.9 Å². The van der Waals surface area contributed by atoms with Gasteiger partial charge in [0.15, 0.2) is 0 Å². The van der Waals surface area contributed by atoms with Gasteiger partial charge in [-0.2, -0.15) is 0 Å². The average Bonchev–Trinajstić information content (AvgIpc) is 2.92. The van der Waals surface area contributed by atoms with Crippen LogP contribution in [0.3, 0.4) is 0 Å². The fourth-order valence-corrected chi connectivity index (χ4v) is 3.27. The molecule has 1 heterocycles. The summed E-state index contributed by atoms with van der Waals surface area (Å²) in [7, 11) is -1.72. The number of sulfonamides is 1. The molecule has 20 heavy (non-hydrogen) atoms. The first-order valence-corrected chi connectivity index (χ1v) is 7.78. The zero-order valence-electron chi connectivity index (χ0n) is 11.5. The minimum Gasteiger partial charge on any atom is -0.468 e. The van der Waals surface area contributed by atoms with Crippen LogP contribution in [0, 0.1) is 6.92 Å². The molecule has 6 heteroatoms. The molecule has 2 rings (SSSR count). The summed E-state index contributed by atoms with van der Waals surface area (Å²) in [5.74, 6) is 0.581. The molecule has 0 radical (unpaired) electrons. The van der Waals surface area contributed by atoms with E-state index in [2.05, 4.69) is 10.0 Å². The second-order valence-electron chi connectivity index (χ2n) is 4.47. The molecule has 0 aliphatic carbocycles. The normalized spacial score (nSPS) is 11.7. The third-order valence-electron chi connectivity index (χ3n) is 3.07. The molecule has 0 fully saturated rings. The number of hydrogen-bond acceptors (Lipinski definition) is 4. The summed E-state index contributed by atoms with van der Waals surface area (Å²) < 4.78 is 32.3. The van der Waals surface area contributed by atoms with Gasteiger partial charge in [-0.05, 0) is 43.3 Å². The minimum atomic E-state index is -3.55. The number of hydrogen-bond donors (Lipinski definition) is 2. The Labute approximate surface area is 119 Å². The van der Waals surface area contributed by atoms with Crippen molar-refractivity contribution in [3.05, 3.63) is 53.5 Å². The SMILES string of the molecule is CNCc1cccc(S(=O)(=O)NCc2ccco2)c1C. The predicted octanol–water partition coefficient (Wildman–Crippen LogP) is 1.79. The van der Waals surface area contributed by atoms with Crippen LogP contribution < -0.4 is 10.0 Å². The Kier molecular flexibility index (Phi) is 4.59. The largest absolute Gasteiger partial charge is 0.468 e. The van der Waals surface area contributed by atoms with Gasteiger partial charge in [-0.15, -0.1) is 0 Å². The molecule has 2 N–H and O–H groups in total. The van der Waals surface area contributed by atoms with E-state index in [1.54, 1.807) is 24.3 Å². The number of furan rings is 1. The van der Waals surface area contributed by atoms with Crippen LogP contribution in [-0.4, -0.2) is 15.5 Å². The van der Waals surface area contributed by atoms with Crippen LogP contribution in [0.1, 0.15) is 16.9 Å². The highest BCUT2D eigenvalue weighted by Gasteiger charge is 2.18. The van der Waals surface area contributed by atoms with E-state index in [1.165, 1.54) is 6.26 Å². The topological polar surface area (TPSA) is 71.3 Å². The van der Waals surface area contributed by atoms with Crippen LogP contribution in [0.4, 0.5) is 0 Å². The standard InChI is InChI=1S/C14H18N2O3S/c1-11-12(9-15-2)5-3-7-14(11)20(17,18)16-10-13-6-4-8-19-13/h3-8,15-16H,9-10H2,1-2H3. The fourth-order valence-electron chi connectivity index (χ4n) is 1.99. The van der Waals surface area contributed by atoms with E-state index in [4.69, 9.17) is 4.42 Å². The van der Waals surface area contributed by atoms with Crippen LogP contribution in [0.25, 0.3) is 0 Å². The van der Waals surface area contributed by atoms with Gasteiger partial charge < -0.3 is 9.73 Å². The lowest BCUT2D eigenvalue weighted by Gasteiger charge is -2.12. The molecular formula is C14H18N2O3S. The summed E-state index contributed by atoms with van der Waals surface area (Å²) in [6.07, 6.45) is 1.52. The first-order chi connectivity index (χ1) is 9.54. The summed E-state index contributed by atoms with van der Waals surface area (Å²) in [5.41, 5.74) is 1.72. The summed E-state index contributed by atoms with van der Waals surface area (Å²) in [6, 6.07) is 8.73. The molecule has 0 spiro atoms. The van der Waals surface area contributed by atoms with Gasteiger partial charge in [0.2, 0.25) is 10.0 Å². The third-order valence-corrected chi connectivity index (χ3v) is 4.62. The maximum Gasteiger partial charge on any atom is 0.241 e. The number of nitrogens with one attached hydrogen (secondary N) is 2. The molecule has 5 nitrogen and oxygen atoms in total. The molecule has 1 aromatic carbocycles. The van der Waals surface area contributed by atoms with Gasteiger partial charge in [0.25, 0.3) is 0 Å². The lowest BCUT2D eigenvalue weighted by atomic mass is 10.1. The monoisotopic (exact) mass is 294 g/mol. The van der Waals surface area contributed by atoms with E-state index in [0.29, 0.717) is 17.2 Å². The third kappa shape index (κ3) is 3.27. The van der Waals surface area contributed by atoms with Crippen LogP contribution in [0.2, 0.25) is 0 Å². The quantitative estimate of drug-likeness (QED) is 0.852. The Morgan fingerprint density at radius 2 is 1.95 bits per heavy atom. The zero-order chi connectivity index (χ0) is 14.6. The maximum absolute atomic E-state index is 12.3. The lowest BCUT2D eigenvalue weighted by Crippen LogP contribution is -2.24. The molecule has 0 amide bonds. The first-order valence-electron chi connectivity index (χ1n) is 6.29. The van der Waals surface area contributed by atoms with Gasteiger partial charge in [0, 0.05) is 6.54 Å². The van der Waals surface area contributed by atoms with Gasteiger partial charge in [-0.25, -0.2) is 13.1 Å². The van der Waals surface area contributed by atoms with Gasteiger partial charge in [0.05, 0.1) is 17.7 Å². The Balaban J connectivity index is 2.23. The molecule has 0 unspecified atom stereocenters. The molecule has 1 aromatic heterocycles. The van der Waals surface area contributed by atoms with E-state index in [-0.39, 0.29) is 6.54 Å². The Hall–Kier alpha value is -1.63. The van der Waals surface area contributed by atoms with Gasteiger partial charge in [-0.1, -0.05) is 12.1 Å². The number of rotatable bonds is 6. The second-order valence-corrected chi connectivity index (χ2v) is 6.21. The Morgan fingerprint density at radius 3 is 2.60 bits per heavy atom. The average molecular weight is 294 g/mol. The zero-order valence-corrected chi connectivity index (χ0v) is 12.3. The van der Waals surface area contributed by atoms with Gasteiger partial charge in [-0.3, -0.25) is 0 Å². The van der Waals surface area contributed by atoms with E-state index >= 15 is 0 Å². The van der Waals surface area contributed by atoms with E-state index in [9.17, 15) is 8.42 Å². The lowest BCUT2D eigenvalue weighted by molar-refractivity contribution is 0.498. The molecule has 0 atom stereocenters. The smallest absolute Gasteiger partial charge is 0.241 e. The van der Waals surface area contributed by atoms with Crippen LogP contribution in [-0.2, 0) is 23.1 Å². The number of benzene rings is 1. The van der Waals surface area contributed by atoms with Crippen molar-refractivity contribution in [1.29, 1.82) is 0 Å². The molecule has 0 saturated carbocycles. The van der Waals surface area contributed by atoms with E-state index in [0.717, 1.165) is 11.1 Å². The van der Waals surface area contributed by atoms with Gasteiger partial charge >= 0.3 is 0 Å². The highest BCUT2D eigenvalue weighted by molar-refractivity contribution is 7.89. The van der Waals surface area contributed by atoms with Crippen molar-refractivity contribution in [2.75, 3.05) is 7.05 Å². The van der Waals surface area contributed by atoms with Crippen molar-refractivity contribution in [3.63, 3.8) is 0 Å². The highest BCUT2D eigenvalue weighted by atomic mass is 32.2. The van der Waals surface area contributed by atoms with Crippen LogP contribution >= 0.6 is 0 Å². The summed E-state index contributed by atoms with van der Waals surface area (Å²) in [4.78, 5) is 0.303. The summed E-state index contributed by atoms with van der Waals surface area (Å²) in [6.45, 7) is 2.59. The van der Waals surface area contributed by atoms with Crippen molar-refractivity contribution in [3.8, 4) is 0 Å². The van der Waals surface area contributed by atoms with Crippen molar-refractivity contribution < 1.29 is 12.8 Å². The molecule has 0 saturated heterocycles. The minimum absolute atomic E-state index is 0.144. The van der Waals surface area contributed by atoms with Crippen LogP contribution in [0.5, 0.6) is 0 Å². The van der Waals surface area contributed by atoms with E-state index < -0.39 is 10.0 Å². The highest BCUT2D eigenvalue weighted by Crippen LogP contribution is 2.19. The molecule has 0 bridgehead atoms. The van der Waals surface area contributed by atoms with Crippen molar-refractivity contribution >= 4 is 10.0 Å². The summed E-state index contributed by atoms with van der Waals surface area (Å²) in [5, 5.41) is 3.03. The van der Waals surface area contributed by atoms with Crippen molar-refractivity contribution in [1.82, 2.24) is 10.0 Å². The molecule has 108 valence electrons. The Morgan fingerprint density at radius 1 is 1.15 bits per heavy atom. The fraction of sp³-hybridized carbons (Fsp3) is 0.286. The molecular weight excluding hydrogens is 276 g/mol. The first kappa shape index (κ1) is 14.8. The van der Waals surface area contributed by atoms with Crippen molar-refractivity contribution in [2.24, 2.45) is 0 Å². The maximum atomic E-state index is 12.3. The molecule has 0 aliphatic heterocycles. The van der Waals surface area contributed by atoms with Gasteiger partial charge in [0.1, 0.15) is 5.76 Å². The molecule has 2 aromatic rings. The van der Waals surface area contributed by atoms with E-state index in [1.807, 2.05) is 20.0 Å². The Bertz CT molecular complexity index is 664.